The van der Waals surface area contributed by atoms with Crippen LogP contribution in [0.2, 0.25) is 0 Å². The third-order valence-electron chi connectivity index (χ3n) is 6.99. The molecule has 4 rings (SSSR count). The maximum Gasteiger partial charge on any atom is 0.119 e. The van der Waals surface area contributed by atoms with Crippen molar-refractivity contribution in [2.45, 2.75) is 44.9 Å². The predicted octanol–water partition coefficient (Wildman–Crippen LogP) is 7.34. The molecule has 33 heavy (non-hydrogen) atoms. The molecule has 0 spiro atoms. The van der Waals surface area contributed by atoms with Gasteiger partial charge in [-0.05, 0) is 45.5 Å². The normalized spacial score (nSPS) is 12.0. The minimum absolute atomic E-state index is 0.218. The van der Waals surface area contributed by atoms with Crippen molar-refractivity contribution in [3.63, 3.8) is 0 Å². The lowest BCUT2D eigenvalue weighted by atomic mass is 9.77. The summed E-state index contributed by atoms with van der Waals surface area (Å²) in [6.45, 7) is 8.65. The molecule has 0 aromatic heterocycles. The lowest BCUT2D eigenvalue weighted by Crippen LogP contribution is -2.19. The molecule has 168 valence electrons. The van der Waals surface area contributed by atoms with E-state index in [0.717, 1.165) is 22.3 Å². The Morgan fingerprint density at radius 2 is 0.848 bits per heavy atom. The van der Waals surface area contributed by atoms with Crippen molar-refractivity contribution in [2.24, 2.45) is 0 Å². The van der Waals surface area contributed by atoms with Crippen LogP contribution in [-0.4, -0.2) is 10.2 Å². The minimum atomic E-state index is -0.218. The van der Waals surface area contributed by atoms with Gasteiger partial charge in [-0.1, -0.05) is 113 Å². The number of benzene rings is 4. The van der Waals surface area contributed by atoms with Crippen LogP contribution in [0.4, 0.5) is 0 Å². The first kappa shape index (κ1) is 22.7. The Kier molecular flexibility index (Phi) is 6.03. The zero-order valence-electron chi connectivity index (χ0n) is 19.8. The van der Waals surface area contributed by atoms with E-state index < -0.39 is 0 Å². The van der Waals surface area contributed by atoms with Crippen molar-refractivity contribution in [3.05, 3.63) is 130 Å². The van der Waals surface area contributed by atoms with Gasteiger partial charge in [0.05, 0.1) is 0 Å². The van der Waals surface area contributed by atoms with Crippen LogP contribution < -0.4 is 0 Å². The van der Waals surface area contributed by atoms with E-state index in [4.69, 9.17) is 0 Å². The van der Waals surface area contributed by atoms with Gasteiger partial charge >= 0.3 is 0 Å². The molecule has 0 aliphatic rings. The summed E-state index contributed by atoms with van der Waals surface area (Å²) >= 11 is 0. The maximum atomic E-state index is 10.8. The summed E-state index contributed by atoms with van der Waals surface area (Å²) < 4.78 is 0. The molecule has 0 saturated carbocycles. The van der Waals surface area contributed by atoms with E-state index in [1.54, 1.807) is 0 Å². The van der Waals surface area contributed by atoms with Crippen molar-refractivity contribution in [1.82, 2.24) is 0 Å². The minimum Gasteiger partial charge on any atom is -0.508 e. The molecule has 2 nitrogen and oxygen atoms in total. The van der Waals surface area contributed by atoms with E-state index in [1.807, 2.05) is 60.7 Å². The first-order valence-corrected chi connectivity index (χ1v) is 11.5. The molecule has 0 atom stereocenters. The number of aromatic hydroxyl groups is 2. The second kappa shape index (κ2) is 8.78. The highest BCUT2D eigenvalue weighted by atomic mass is 16.3. The lowest BCUT2D eigenvalue weighted by Gasteiger charge is -2.27. The summed E-state index contributed by atoms with van der Waals surface area (Å²) in [7, 11) is 0. The maximum absolute atomic E-state index is 10.8. The van der Waals surface area contributed by atoms with Crippen LogP contribution in [-0.2, 0) is 17.3 Å². The molecule has 0 heterocycles. The van der Waals surface area contributed by atoms with Gasteiger partial charge in [-0.15, -0.1) is 0 Å². The standard InChI is InChI=1S/C31H32O2/c1-30(2,24-11-7-5-8-12-24)26-17-15-22(28(32)20-26)19-23-16-18-27(21-29(23)33)31(3,4)25-13-9-6-10-14-25/h5-18,20-21,32-33H,19H2,1-4H3. The van der Waals surface area contributed by atoms with Gasteiger partial charge in [0.15, 0.2) is 0 Å². The summed E-state index contributed by atoms with van der Waals surface area (Å²) in [5.41, 5.74) is 5.67. The van der Waals surface area contributed by atoms with Crippen LogP contribution in [0.5, 0.6) is 11.5 Å². The van der Waals surface area contributed by atoms with Gasteiger partial charge < -0.3 is 10.2 Å². The molecule has 2 N–H and O–H groups in total. The molecule has 0 amide bonds. The van der Waals surface area contributed by atoms with Gasteiger partial charge in [0.1, 0.15) is 11.5 Å². The second-order valence-electron chi connectivity index (χ2n) is 9.85. The van der Waals surface area contributed by atoms with Crippen LogP contribution in [0.15, 0.2) is 97.1 Å². The van der Waals surface area contributed by atoms with E-state index in [1.165, 1.54) is 11.1 Å². The number of phenolic OH excluding ortho intramolecular Hbond substituents is 2. The summed E-state index contributed by atoms with van der Waals surface area (Å²) in [6.07, 6.45) is 0.468. The fraction of sp³-hybridized carbons (Fsp3) is 0.226. The lowest BCUT2D eigenvalue weighted by molar-refractivity contribution is 0.460. The number of rotatable bonds is 6. The molecular weight excluding hydrogens is 404 g/mol. The van der Waals surface area contributed by atoms with Crippen LogP contribution >= 0.6 is 0 Å². The summed E-state index contributed by atoms with van der Waals surface area (Å²) in [5, 5.41) is 21.6. The third-order valence-corrected chi connectivity index (χ3v) is 6.99. The highest BCUT2D eigenvalue weighted by Gasteiger charge is 2.25. The Bertz CT molecular complexity index is 1140. The molecule has 0 fully saturated rings. The van der Waals surface area contributed by atoms with Gasteiger partial charge in [-0.3, -0.25) is 0 Å². The van der Waals surface area contributed by atoms with Crippen LogP contribution in [0, 0.1) is 0 Å². The summed E-state index contributed by atoms with van der Waals surface area (Å²) in [6, 6.07) is 32.4. The van der Waals surface area contributed by atoms with E-state index in [0.29, 0.717) is 6.42 Å². The Balaban J connectivity index is 1.58. The van der Waals surface area contributed by atoms with Gasteiger partial charge in [0.25, 0.3) is 0 Å². The summed E-state index contributed by atoms with van der Waals surface area (Å²) in [5.74, 6) is 0.509. The second-order valence-corrected chi connectivity index (χ2v) is 9.85. The van der Waals surface area contributed by atoms with Crippen LogP contribution in [0.1, 0.15) is 61.1 Å². The largest absolute Gasteiger partial charge is 0.508 e. The van der Waals surface area contributed by atoms with Crippen LogP contribution in [0.3, 0.4) is 0 Å². The molecule has 0 unspecified atom stereocenters. The SMILES string of the molecule is CC(C)(c1ccccc1)c1ccc(Cc2ccc(C(C)(C)c3ccccc3)cc2O)c(O)c1. The molecule has 0 aliphatic heterocycles. The van der Waals surface area contributed by atoms with Crippen molar-refractivity contribution in [2.75, 3.05) is 0 Å². The zero-order valence-corrected chi connectivity index (χ0v) is 19.8. The monoisotopic (exact) mass is 436 g/mol. The molecule has 2 heteroatoms. The molecule has 0 bridgehead atoms. The Morgan fingerprint density at radius 3 is 1.18 bits per heavy atom. The summed E-state index contributed by atoms with van der Waals surface area (Å²) in [4.78, 5) is 0. The molecule has 0 aliphatic carbocycles. The highest BCUT2D eigenvalue weighted by Crippen LogP contribution is 2.37. The molecule has 4 aromatic rings. The smallest absolute Gasteiger partial charge is 0.119 e. The Labute approximate surface area is 197 Å². The van der Waals surface area contributed by atoms with Gasteiger partial charge in [0.2, 0.25) is 0 Å². The first-order valence-electron chi connectivity index (χ1n) is 11.5. The Morgan fingerprint density at radius 1 is 0.485 bits per heavy atom. The van der Waals surface area contributed by atoms with E-state index in [-0.39, 0.29) is 22.3 Å². The van der Waals surface area contributed by atoms with Crippen molar-refractivity contribution in [1.29, 1.82) is 0 Å². The third kappa shape index (κ3) is 4.52. The predicted molar refractivity (Wildman–Crippen MR) is 136 cm³/mol. The average molecular weight is 437 g/mol. The molecular formula is C31H32O2. The van der Waals surface area contributed by atoms with Gasteiger partial charge in [-0.25, -0.2) is 0 Å². The fourth-order valence-electron chi connectivity index (χ4n) is 4.45. The van der Waals surface area contributed by atoms with E-state index in [9.17, 15) is 10.2 Å². The average Bonchev–Trinajstić information content (AvgIpc) is 2.82. The zero-order chi connectivity index (χ0) is 23.6. The van der Waals surface area contributed by atoms with Crippen LogP contribution in [0.25, 0.3) is 0 Å². The Hall–Kier alpha value is -3.52. The van der Waals surface area contributed by atoms with Gasteiger partial charge in [0, 0.05) is 17.3 Å². The number of hydrogen-bond donors (Lipinski definition) is 2. The molecule has 0 radical (unpaired) electrons. The van der Waals surface area contributed by atoms with E-state index in [2.05, 4.69) is 64.1 Å². The number of phenols is 2. The quantitative estimate of drug-likeness (QED) is 0.332. The number of hydrogen-bond acceptors (Lipinski definition) is 2. The fourth-order valence-corrected chi connectivity index (χ4v) is 4.45. The van der Waals surface area contributed by atoms with Crippen molar-refractivity contribution < 1.29 is 10.2 Å². The van der Waals surface area contributed by atoms with Crippen molar-refractivity contribution >= 4 is 0 Å². The van der Waals surface area contributed by atoms with E-state index >= 15 is 0 Å². The van der Waals surface area contributed by atoms with Gasteiger partial charge in [-0.2, -0.15) is 0 Å². The topological polar surface area (TPSA) is 40.5 Å². The van der Waals surface area contributed by atoms with Crippen molar-refractivity contribution in [3.8, 4) is 11.5 Å². The molecule has 4 aromatic carbocycles. The first-order chi connectivity index (χ1) is 15.7. The molecule has 0 saturated heterocycles. The highest BCUT2D eigenvalue weighted by molar-refractivity contribution is 5.49.